The molecule has 2 aliphatic rings. The van der Waals surface area contributed by atoms with Crippen molar-refractivity contribution in [1.82, 2.24) is 4.90 Å². The zero-order chi connectivity index (χ0) is 14.2. The van der Waals surface area contributed by atoms with Crippen LogP contribution in [-0.2, 0) is 9.47 Å². The Morgan fingerprint density at radius 3 is 2.55 bits per heavy atom. The van der Waals surface area contributed by atoms with Gasteiger partial charge in [-0.1, -0.05) is 20.8 Å². The highest BCUT2D eigenvalue weighted by atomic mass is 127. The van der Waals surface area contributed by atoms with Gasteiger partial charge in [0.1, 0.15) is 0 Å². The number of morpholine rings is 1. The number of nitrogens with two attached hydrogens (primary N) is 1. The normalized spacial score (nSPS) is 37.0. The van der Waals surface area contributed by atoms with Gasteiger partial charge in [0, 0.05) is 31.5 Å². The average Bonchev–Trinajstić information content (AvgIpc) is 2.35. The van der Waals surface area contributed by atoms with Gasteiger partial charge in [0.05, 0.1) is 24.9 Å². The summed E-state index contributed by atoms with van der Waals surface area (Å²) in [5.74, 6) is 1.06. The van der Waals surface area contributed by atoms with Crippen molar-refractivity contribution in [2.45, 2.75) is 45.9 Å². The Hall–Kier alpha value is -0.0800. The van der Waals surface area contributed by atoms with Gasteiger partial charge in [-0.25, -0.2) is 4.99 Å². The molecule has 6 heteroatoms. The molecular weight excluding hydrogens is 369 g/mol. The molecule has 0 bridgehead atoms. The number of hydrogen-bond donors (Lipinski definition) is 1. The number of methoxy groups -OCH3 is 1. The maximum absolute atomic E-state index is 6.17. The molecule has 0 aromatic carbocycles. The minimum atomic E-state index is 0. The van der Waals surface area contributed by atoms with Crippen LogP contribution >= 0.6 is 24.0 Å². The summed E-state index contributed by atoms with van der Waals surface area (Å²) in [6.45, 7) is 11.0. The third-order valence-corrected chi connectivity index (χ3v) is 4.56. The van der Waals surface area contributed by atoms with Crippen LogP contribution < -0.4 is 5.73 Å². The lowest BCUT2D eigenvalue weighted by Gasteiger charge is -2.54. The first-order chi connectivity index (χ1) is 8.87. The summed E-state index contributed by atoms with van der Waals surface area (Å²) in [6, 6.07) is 0.232. The third kappa shape index (κ3) is 3.22. The van der Waals surface area contributed by atoms with Gasteiger partial charge in [-0.05, 0) is 6.92 Å². The second-order valence-electron chi connectivity index (χ2n) is 6.40. The lowest BCUT2D eigenvalue weighted by Crippen LogP contribution is -2.61. The minimum absolute atomic E-state index is 0. The first-order valence-corrected chi connectivity index (χ1v) is 7.10. The van der Waals surface area contributed by atoms with Gasteiger partial charge >= 0.3 is 0 Å². The van der Waals surface area contributed by atoms with Crippen LogP contribution in [-0.4, -0.2) is 55.9 Å². The molecule has 5 nitrogen and oxygen atoms in total. The summed E-state index contributed by atoms with van der Waals surface area (Å²) >= 11 is 0. The fourth-order valence-corrected chi connectivity index (χ4v) is 3.62. The van der Waals surface area contributed by atoms with E-state index in [0.29, 0.717) is 11.9 Å². The quantitative estimate of drug-likeness (QED) is 0.438. The Labute approximate surface area is 139 Å². The van der Waals surface area contributed by atoms with Crippen LogP contribution in [0.2, 0.25) is 0 Å². The summed E-state index contributed by atoms with van der Waals surface area (Å²) in [7, 11) is 1.77. The van der Waals surface area contributed by atoms with Crippen molar-refractivity contribution in [2.24, 2.45) is 22.1 Å². The molecule has 1 aliphatic heterocycles. The van der Waals surface area contributed by atoms with E-state index >= 15 is 0 Å². The van der Waals surface area contributed by atoms with Gasteiger partial charge in [-0.3, -0.25) is 0 Å². The van der Waals surface area contributed by atoms with E-state index in [2.05, 4.69) is 32.6 Å². The van der Waals surface area contributed by atoms with Gasteiger partial charge in [0.2, 0.25) is 0 Å². The fourth-order valence-electron chi connectivity index (χ4n) is 3.62. The molecule has 1 aliphatic carbocycles. The average molecular weight is 397 g/mol. The van der Waals surface area contributed by atoms with Crippen LogP contribution in [0.4, 0.5) is 0 Å². The van der Waals surface area contributed by atoms with E-state index in [1.165, 1.54) is 0 Å². The molecule has 1 heterocycles. The van der Waals surface area contributed by atoms with Crippen molar-refractivity contribution in [2.75, 3.05) is 26.8 Å². The number of nitrogens with zero attached hydrogens (tertiary/aromatic N) is 2. The van der Waals surface area contributed by atoms with Crippen molar-refractivity contribution < 1.29 is 9.47 Å². The van der Waals surface area contributed by atoms with Gasteiger partial charge in [0.25, 0.3) is 0 Å². The molecule has 4 atom stereocenters. The number of halogens is 1. The topological polar surface area (TPSA) is 60.1 Å². The second-order valence-corrected chi connectivity index (χ2v) is 6.40. The smallest absolute Gasteiger partial charge is 0.191 e. The van der Waals surface area contributed by atoms with Crippen LogP contribution in [0.5, 0.6) is 0 Å². The molecule has 0 aromatic rings. The first kappa shape index (κ1) is 18.0. The second kappa shape index (κ2) is 6.79. The van der Waals surface area contributed by atoms with Crippen molar-refractivity contribution in [3.63, 3.8) is 0 Å². The molecule has 0 spiro atoms. The Balaban J connectivity index is 0.00000200. The maximum atomic E-state index is 6.17. The lowest BCUT2D eigenvalue weighted by molar-refractivity contribution is -0.132. The van der Waals surface area contributed by atoms with Crippen molar-refractivity contribution in [3.8, 4) is 0 Å². The zero-order valence-electron chi connectivity index (χ0n) is 13.1. The highest BCUT2D eigenvalue weighted by Crippen LogP contribution is 2.48. The molecule has 4 unspecified atom stereocenters. The highest BCUT2D eigenvalue weighted by Gasteiger charge is 2.55. The molecular formula is C14H28IN3O2. The van der Waals surface area contributed by atoms with Crippen LogP contribution in [0.3, 0.4) is 0 Å². The van der Waals surface area contributed by atoms with Crippen molar-refractivity contribution in [3.05, 3.63) is 0 Å². The number of aliphatic imine (C=N–C) groups is 1. The van der Waals surface area contributed by atoms with Crippen LogP contribution in [0, 0.1) is 11.3 Å². The fraction of sp³-hybridized carbons (Fsp3) is 0.929. The van der Waals surface area contributed by atoms with E-state index in [9.17, 15) is 0 Å². The predicted molar refractivity (Wildman–Crippen MR) is 91.6 cm³/mol. The van der Waals surface area contributed by atoms with E-state index in [0.717, 1.165) is 19.7 Å². The third-order valence-electron chi connectivity index (χ3n) is 4.56. The van der Waals surface area contributed by atoms with Gasteiger partial charge in [0.15, 0.2) is 5.96 Å². The number of ether oxygens (including phenoxy) is 2. The Bertz CT molecular complexity index is 362. The Morgan fingerprint density at radius 1 is 1.40 bits per heavy atom. The maximum Gasteiger partial charge on any atom is 0.191 e. The van der Waals surface area contributed by atoms with Crippen molar-refractivity contribution >= 4 is 29.9 Å². The molecule has 2 rings (SSSR count). The minimum Gasteiger partial charge on any atom is -0.380 e. The van der Waals surface area contributed by atoms with E-state index < -0.39 is 0 Å². The summed E-state index contributed by atoms with van der Waals surface area (Å²) in [6.07, 6.45) is 0.485. The molecule has 2 fully saturated rings. The molecule has 20 heavy (non-hydrogen) atoms. The summed E-state index contributed by atoms with van der Waals surface area (Å²) in [5, 5.41) is 0. The molecule has 0 aromatic heterocycles. The van der Waals surface area contributed by atoms with Crippen LogP contribution in [0.1, 0.15) is 27.7 Å². The van der Waals surface area contributed by atoms with Crippen LogP contribution in [0.15, 0.2) is 4.99 Å². The van der Waals surface area contributed by atoms with Crippen LogP contribution in [0.25, 0.3) is 0 Å². The van der Waals surface area contributed by atoms with E-state index in [1.807, 2.05) is 0 Å². The van der Waals surface area contributed by atoms with E-state index in [-0.39, 0.29) is 47.6 Å². The molecule has 2 N–H and O–H groups in total. The zero-order valence-corrected chi connectivity index (χ0v) is 15.5. The first-order valence-electron chi connectivity index (χ1n) is 7.10. The Morgan fingerprint density at radius 2 is 2.05 bits per heavy atom. The number of guanidine groups is 1. The molecule has 0 amide bonds. The number of rotatable bonds is 2. The molecule has 1 saturated carbocycles. The van der Waals surface area contributed by atoms with E-state index in [4.69, 9.17) is 20.2 Å². The standard InChI is InChI=1S/C14H27N3O2.HI/c1-9-8-17(6-7-19-9)13(15)16-11-10(2)12(18-5)14(11,3)4;/h9-12H,6-8H2,1-5H3,(H2,15,16);1H. The van der Waals surface area contributed by atoms with E-state index in [1.54, 1.807) is 7.11 Å². The monoisotopic (exact) mass is 397 g/mol. The highest BCUT2D eigenvalue weighted by molar-refractivity contribution is 14.0. The van der Waals surface area contributed by atoms with Gasteiger partial charge < -0.3 is 20.1 Å². The summed E-state index contributed by atoms with van der Waals surface area (Å²) in [4.78, 5) is 6.88. The summed E-state index contributed by atoms with van der Waals surface area (Å²) < 4.78 is 11.1. The van der Waals surface area contributed by atoms with Gasteiger partial charge in [-0.2, -0.15) is 0 Å². The lowest BCUT2D eigenvalue weighted by atomic mass is 9.58. The Kier molecular flexibility index (Phi) is 6.10. The SMILES string of the molecule is COC1C(C)C(N=C(N)N2CCOC(C)C2)C1(C)C.I. The molecule has 118 valence electrons. The van der Waals surface area contributed by atoms with Gasteiger partial charge in [-0.15, -0.1) is 24.0 Å². The largest absolute Gasteiger partial charge is 0.380 e. The predicted octanol–water partition coefficient (Wildman–Crippen LogP) is 1.70. The van der Waals surface area contributed by atoms with Crippen molar-refractivity contribution in [1.29, 1.82) is 0 Å². The summed E-state index contributed by atoms with van der Waals surface area (Å²) in [5.41, 5.74) is 6.22. The molecule has 0 radical (unpaired) electrons. The molecule has 1 saturated heterocycles. The number of hydrogen-bond acceptors (Lipinski definition) is 3.